The summed E-state index contributed by atoms with van der Waals surface area (Å²) in [5, 5.41) is 5.36. The van der Waals surface area contributed by atoms with E-state index in [2.05, 4.69) is 27.2 Å². The molecule has 0 fully saturated rings. The minimum Gasteiger partial charge on any atom is -0.493 e. The van der Waals surface area contributed by atoms with Crippen LogP contribution in [0.1, 0.15) is 5.56 Å². The summed E-state index contributed by atoms with van der Waals surface area (Å²) in [5.41, 5.74) is 3.74. The Kier molecular flexibility index (Phi) is 4.23. The van der Waals surface area contributed by atoms with Crippen molar-refractivity contribution in [2.45, 2.75) is 6.54 Å². The van der Waals surface area contributed by atoms with Crippen LogP contribution in [0.4, 0.5) is 0 Å². The van der Waals surface area contributed by atoms with Crippen LogP contribution < -0.4 is 9.47 Å². The summed E-state index contributed by atoms with van der Waals surface area (Å²) >= 11 is 0. The maximum Gasteiger partial charge on any atom is 0.162 e. The lowest BCUT2D eigenvalue weighted by atomic mass is 10.1. The van der Waals surface area contributed by atoms with E-state index in [1.165, 1.54) is 5.56 Å². The maximum absolute atomic E-state index is 5.42. The van der Waals surface area contributed by atoms with Crippen molar-refractivity contribution in [1.82, 2.24) is 19.7 Å². The van der Waals surface area contributed by atoms with E-state index in [1.807, 2.05) is 47.4 Å². The van der Waals surface area contributed by atoms with Crippen LogP contribution in [0.3, 0.4) is 0 Å². The zero-order valence-corrected chi connectivity index (χ0v) is 14.6. The summed E-state index contributed by atoms with van der Waals surface area (Å²) < 4.78 is 12.7. The number of rotatable bonds is 5. The number of ether oxygens (including phenoxy) is 2. The first kappa shape index (κ1) is 16.1. The van der Waals surface area contributed by atoms with Gasteiger partial charge < -0.3 is 9.47 Å². The highest BCUT2D eigenvalue weighted by Gasteiger charge is 2.13. The third-order valence-electron chi connectivity index (χ3n) is 4.23. The fraction of sp³-hybridized carbons (Fsp3) is 0.150. The molecule has 0 aliphatic heterocycles. The molecule has 0 N–H and O–H groups in total. The second-order valence-electron chi connectivity index (χ2n) is 5.86. The van der Waals surface area contributed by atoms with E-state index < -0.39 is 0 Å². The molecule has 0 spiro atoms. The fourth-order valence-corrected chi connectivity index (χ4v) is 2.96. The van der Waals surface area contributed by atoms with Crippen LogP contribution in [0, 0.1) is 0 Å². The predicted molar refractivity (Wildman–Crippen MR) is 99.4 cm³/mol. The first-order chi connectivity index (χ1) is 12.8. The summed E-state index contributed by atoms with van der Waals surface area (Å²) in [6, 6.07) is 14.0. The molecule has 0 saturated carbocycles. The molecule has 26 heavy (non-hydrogen) atoms. The topological polar surface area (TPSA) is 62.1 Å². The predicted octanol–water partition coefficient (Wildman–Crippen LogP) is 3.56. The number of fused-ring (bicyclic) bond motifs is 1. The van der Waals surface area contributed by atoms with Gasteiger partial charge in [-0.3, -0.25) is 4.68 Å². The van der Waals surface area contributed by atoms with Gasteiger partial charge in [-0.25, -0.2) is 9.97 Å². The van der Waals surface area contributed by atoms with Gasteiger partial charge in [-0.2, -0.15) is 5.10 Å². The molecule has 2 heterocycles. The Balaban J connectivity index is 1.75. The van der Waals surface area contributed by atoms with Gasteiger partial charge in [-0.05, 0) is 11.6 Å². The Bertz CT molecular complexity index is 1040. The Morgan fingerprint density at radius 3 is 2.50 bits per heavy atom. The molecule has 6 nitrogen and oxygen atoms in total. The molecule has 0 unspecified atom stereocenters. The molecule has 0 aliphatic carbocycles. The third-order valence-corrected chi connectivity index (χ3v) is 4.23. The van der Waals surface area contributed by atoms with Gasteiger partial charge in [0, 0.05) is 23.2 Å². The molecule has 0 atom stereocenters. The van der Waals surface area contributed by atoms with E-state index in [4.69, 9.17) is 9.47 Å². The van der Waals surface area contributed by atoms with Crippen molar-refractivity contribution < 1.29 is 9.47 Å². The van der Waals surface area contributed by atoms with Gasteiger partial charge in [-0.15, -0.1) is 0 Å². The summed E-state index contributed by atoms with van der Waals surface area (Å²) in [6.07, 6.45) is 5.37. The van der Waals surface area contributed by atoms with Crippen molar-refractivity contribution in [3.8, 4) is 22.8 Å². The number of aromatic nitrogens is 4. The number of hydrogen-bond donors (Lipinski definition) is 0. The molecule has 2 aromatic carbocycles. The summed E-state index contributed by atoms with van der Waals surface area (Å²) in [6.45, 7) is 0.709. The zero-order chi connectivity index (χ0) is 17.9. The molecule has 4 rings (SSSR count). The normalized spacial score (nSPS) is 10.8. The van der Waals surface area contributed by atoms with Crippen LogP contribution in [0.25, 0.3) is 22.2 Å². The Hall–Kier alpha value is -3.41. The molecule has 0 saturated heterocycles. The van der Waals surface area contributed by atoms with Crippen molar-refractivity contribution in [2.24, 2.45) is 0 Å². The summed E-state index contributed by atoms with van der Waals surface area (Å²) in [7, 11) is 3.23. The van der Waals surface area contributed by atoms with Gasteiger partial charge in [0.05, 0.1) is 38.2 Å². The molecular weight excluding hydrogens is 328 g/mol. The Morgan fingerprint density at radius 2 is 1.73 bits per heavy atom. The zero-order valence-electron chi connectivity index (χ0n) is 14.6. The second kappa shape index (κ2) is 6.84. The Morgan fingerprint density at radius 1 is 0.962 bits per heavy atom. The van der Waals surface area contributed by atoms with Crippen molar-refractivity contribution in [3.63, 3.8) is 0 Å². The Labute approximate surface area is 151 Å². The van der Waals surface area contributed by atoms with Crippen molar-refractivity contribution >= 4 is 10.9 Å². The lowest BCUT2D eigenvalue weighted by Crippen LogP contribution is -1.99. The quantitative estimate of drug-likeness (QED) is 0.553. The van der Waals surface area contributed by atoms with Crippen LogP contribution in [0.15, 0.2) is 61.2 Å². The molecular formula is C20H18N4O2. The monoisotopic (exact) mass is 346 g/mol. The van der Waals surface area contributed by atoms with E-state index in [0.29, 0.717) is 18.0 Å². The van der Waals surface area contributed by atoms with E-state index in [9.17, 15) is 0 Å². The van der Waals surface area contributed by atoms with Crippen LogP contribution in [-0.2, 0) is 6.54 Å². The van der Waals surface area contributed by atoms with Gasteiger partial charge in [0.1, 0.15) is 6.33 Å². The molecule has 0 amide bonds. The molecule has 2 aromatic heterocycles. The number of hydrogen-bond acceptors (Lipinski definition) is 5. The van der Waals surface area contributed by atoms with Crippen molar-refractivity contribution in [1.29, 1.82) is 0 Å². The minimum atomic E-state index is 0.643. The van der Waals surface area contributed by atoms with Crippen molar-refractivity contribution in [3.05, 3.63) is 66.7 Å². The van der Waals surface area contributed by atoms with E-state index in [1.54, 1.807) is 20.5 Å². The van der Waals surface area contributed by atoms with Gasteiger partial charge >= 0.3 is 0 Å². The van der Waals surface area contributed by atoms with E-state index in [-0.39, 0.29) is 0 Å². The average Bonchev–Trinajstić information content (AvgIpc) is 3.15. The lowest BCUT2D eigenvalue weighted by molar-refractivity contribution is 0.356. The fourth-order valence-electron chi connectivity index (χ4n) is 2.96. The second-order valence-corrected chi connectivity index (χ2v) is 5.86. The first-order valence-corrected chi connectivity index (χ1v) is 8.22. The highest BCUT2D eigenvalue weighted by molar-refractivity contribution is 5.94. The standard InChI is InChI=1S/C20H18N4O2/c1-25-18-8-16-17(9-19(18)26-2)21-13-22-20(16)15-10-23-24(12-15)11-14-6-4-3-5-7-14/h3-10,12-13H,11H2,1-2H3. The molecule has 0 aliphatic rings. The summed E-state index contributed by atoms with van der Waals surface area (Å²) in [4.78, 5) is 8.82. The van der Waals surface area contributed by atoms with Crippen LogP contribution >= 0.6 is 0 Å². The minimum absolute atomic E-state index is 0.643. The summed E-state index contributed by atoms with van der Waals surface area (Å²) in [5.74, 6) is 1.29. The van der Waals surface area contributed by atoms with Gasteiger partial charge in [0.2, 0.25) is 0 Å². The van der Waals surface area contributed by atoms with Gasteiger partial charge in [0.15, 0.2) is 11.5 Å². The van der Waals surface area contributed by atoms with Gasteiger partial charge in [0.25, 0.3) is 0 Å². The average molecular weight is 346 g/mol. The third kappa shape index (κ3) is 2.97. The first-order valence-electron chi connectivity index (χ1n) is 8.22. The van der Waals surface area contributed by atoms with E-state index >= 15 is 0 Å². The van der Waals surface area contributed by atoms with Crippen LogP contribution in [0.5, 0.6) is 11.5 Å². The molecule has 0 radical (unpaired) electrons. The number of benzene rings is 2. The van der Waals surface area contributed by atoms with Gasteiger partial charge in [-0.1, -0.05) is 30.3 Å². The van der Waals surface area contributed by atoms with Crippen LogP contribution in [-0.4, -0.2) is 34.0 Å². The number of methoxy groups -OCH3 is 2. The SMILES string of the molecule is COc1cc2ncnc(-c3cnn(Cc4ccccc4)c3)c2cc1OC. The van der Waals surface area contributed by atoms with E-state index in [0.717, 1.165) is 22.2 Å². The van der Waals surface area contributed by atoms with Crippen molar-refractivity contribution in [2.75, 3.05) is 14.2 Å². The number of nitrogens with zero attached hydrogens (tertiary/aromatic N) is 4. The molecule has 0 bridgehead atoms. The highest BCUT2D eigenvalue weighted by Crippen LogP contribution is 2.34. The lowest BCUT2D eigenvalue weighted by Gasteiger charge is -2.10. The highest BCUT2D eigenvalue weighted by atomic mass is 16.5. The smallest absolute Gasteiger partial charge is 0.162 e. The van der Waals surface area contributed by atoms with Crippen LogP contribution in [0.2, 0.25) is 0 Å². The largest absolute Gasteiger partial charge is 0.493 e. The maximum atomic E-state index is 5.42. The molecule has 4 aromatic rings. The molecule has 6 heteroatoms. The molecule has 130 valence electrons.